The molecule has 0 saturated carbocycles. The Morgan fingerprint density at radius 2 is 2.05 bits per heavy atom. The molecule has 0 spiro atoms. The number of rotatable bonds is 2. The topological polar surface area (TPSA) is 67.4 Å². The van der Waals surface area contributed by atoms with E-state index < -0.39 is 6.10 Å². The maximum atomic E-state index is 12.3. The fourth-order valence-corrected chi connectivity index (χ4v) is 2.60. The van der Waals surface area contributed by atoms with Gasteiger partial charge in [-0.1, -0.05) is 12.1 Å². The molecule has 3 rings (SSSR count). The highest BCUT2D eigenvalue weighted by molar-refractivity contribution is 9.10. The zero-order valence-electron chi connectivity index (χ0n) is 11.7. The zero-order chi connectivity index (χ0) is 15.7. The van der Waals surface area contributed by atoms with Gasteiger partial charge in [0.1, 0.15) is 5.75 Å². The molecule has 5 nitrogen and oxygen atoms in total. The highest BCUT2D eigenvalue weighted by Gasteiger charge is 2.23. The first-order valence-corrected chi connectivity index (χ1v) is 7.51. The van der Waals surface area contributed by atoms with Crippen LogP contribution in [-0.4, -0.2) is 17.9 Å². The third kappa shape index (κ3) is 2.82. The number of carbonyl (C=O) groups excluding carboxylic acids is 2. The lowest BCUT2D eigenvalue weighted by Gasteiger charge is -2.23. The Kier molecular flexibility index (Phi) is 3.85. The molecule has 0 bridgehead atoms. The molecule has 22 heavy (non-hydrogen) atoms. The lowest BCUT2D eigenvalue weighted by molar-refractivity contribution is -0.122. The highest BCUT2D eigenvalue weighted by atomic mass is 79.9. The summed E-state index contributed by atoms with van der Waals surface area (Å²) in [6, 6.07) is 12.3. The SMILES string of the molecule is C[C@@H]1Oc2ccc(NC(=O)c3ccccc3Br)cc2NC1=O. The van der Waals surface area contributed by atoms with E-state index in [2.05, 4.69) is 26.6 Å². The fraction of sp³-hybridized carbons (Fsp3) is 0.125. The molecule has 2 amide bonds. The van der Waals surface area contributed by atoms with Crippen LogP contribution >= 0.6 is 15.9 Å². The van der Waals surface area contributed by atoms with E-state index >= 15 is 0 Å². The molecule has 0 aromatic heterocycles. The van der Waals surface area contributed by atoms with Crippen molar-refractivity contribution in [3.8, 4) is 5.75 Å². The summed E-state index contributed by atoms with van der Waals surface area (Å²) in [5.41, 5.74) is 1.67. The fourth-order valence-electron chi connectivity index (χ4n) is 2.13. The quantitative estimate of drug-likeness (QED) is 0.861. The van der Waals surface area contributed by atoms with Gasteiger partial charge >= 0.3 is 0 Å². The van der Waals surface area contributed by atoms with Crippen LogP contribution in [-0.2, 0) is 4.79 Å². The Labute approximate surface area is 135 Å². The molecule has 2 aromatic rings. The van der Waals surface area contributed by atoms with E-state index in [1.807, 2.05) is 6.07 Å². The van der Waals surface area contributed by atoms with Crippen molar-refractivity contribution in [1.29, 1.82) is 0 Å². The normalized spacial score (nSPS) is 16.3. The Morgan fingerprint density at radius 1 is 1.27 bits per heavy atom. The minimum absolute atomic E-state index is 0.207. The minimum atomic E-state index is -0.520. The van der Waals surface area contributed by atoms with Gasteiger partial charge in [0.05, 0.1) is 11.3 Å². The summed E-state index contributed by atoms with van der Waals surface area (Å²) < 4.78 is 6.19. The lowest BCUT2D eigenvalue weighted by atomic mass is 10.2. The van der Waals surface area contributed by atoms with Crippen LogP contribution in [0.15, 0.2) is 46.9 Å². The van der Waals surface area contributed by atoms with Crippen molar-refractivity contribution in [2.75, 3.05) is 10.6 Å². The molecule has 1 heterocycles. The van der Waals surface area contributed by atoms with Crippen LogP contribution in [0.2, 0.25) is 0 Å². The van der Waals surface area contributed by atoms with Crippen LogP contribution in [0.4, 0.5) is 11.4 Å². The zero-order valence-corrected chi connectivity index (χ0v) is 13.3. The van der Waals surface area contributed by atoms with Gasteiger partial charge in [-0.05, 0) is 53.2 Å². The van der Waals surface area contributed by atoms with Crippen LogP contribution in [0, 0.1) is 0 Å². The van der Waals surface area contributed by atoms with E-state index in [0.29, 0.717) is 22.7 Å². The van der Waals surface area contributed by atoms with E-state index in [9.17, 15) is 9.59 Å². The predicted octanol–water partition coefficient (Wildman–Crippen LogP) is 3.42. The summed E-state index contributed by atoms with van der Waals surface area (Å²) in [6.07, 6.45) is -0.520. The predicted molar refractivity (Wildman–Crippen MR) is 87.3 cm³/mol. The van der Waals surface area contributed by atoms with Crippen molar-refractivity contribution in [2.24, 2.45) is 0 Å². The molecule has 1 atom stereocenters. The second kappa shape index (κ2) is 5.81. The van der Waals surface area contributed by atoms with E-state index in [1.165, 1.54) is 0 Å². The number of ether oxygens (including phenoxy) is 1. The summed E-state index contributed by atoms with van der Waals surface area (Å²) in [4.78, 5) is 23.9. The second-order valence-corrected chi connectivity index (χ2v) is 5.75. The number of halogens is 1. The molecule has 112 valence electrons. The Balaban J connectivity index is 1.82. The van der Waals surface area contributed by atoms with Gasteiger partial charge in [-0.2, -0.15) is 0 Å². The maximum Gasteiger partial charge on any atom is 0.265 e. The van der Waals surface area contributed by atoms with Crippen LogP contribution in [0.1, 0.15) is 17.3 Å². The van der Waals surface area contributed by atoms with Crippen molar-refractivity contribution in [3.63, 3.8) is 0 Å². The number of nitrogens with one attached hydrogen (secondary N) is 2. The van der Waals surface area contributed by atoms with Gasteiger partial charge in [0.2, 0.25) is 0 Å². The minimum Gasteiger partial charge on any atom is -0.479 e. The molecular formula is C16H13BrN2O3. The first-order valence-electron chi connectivity index (χ1n) is 6.72. The van der Waals surface area contributed by atoms with Crippen molar-refractivity contribution >= 4 is 39.1 Å². The highest BCUT2D eigenvalue weighted by Crippen LogP contribution is 2.32. The first-order chi connectivity index (χ1) is 10.5. The molecule has 2 aromatic carbocycles. The van der Waals surface area contributed by atoms with Gasteiger partial charge in [-0.25, -0.2) is 0 Å². The number of fused-ring (bicyclic) bond motifs is 1. The van der Waals surface area contributed by atoms with E-state index in [0.717, 1.165) is 4.47 Å². The molecular weight excluding hydrogens is 348 g/mol. The van der Waals surface area contributed by atoms with Gasteiger partial charge in [0, 0.05) is 10.2 Å². The molecule has 6 heteroatoms. The molecule has 2 N–H and O–H groups in total. The van der Waals surface area contributed by atoms with Crippen molar-refractivity contribution < 1.29 is 14.3 Å². The van der Waals surface area contributed by atoms with Gasteiger partial charge < -0.3 is 15.4 Å². The maximum absolute atomic E-state index is 12.3. The summed E-state index contributed by atoms with van der Waals surface area (Å²) >= 11 is 3.35. The second-order valence-electron chi connectivity index (χ2n) is 4.89. The average molecular weight is 361 g/mol. The van der Waals surface area contributed by atoms with Crippen LogP contribution < -0.4 is 15.4 Å². The van der Waals surface area contributed by atoms with Crippen molar-refractivity contribution in [2.45, 2.75) is 13.0 Å². The van der Waals surface area contributed by atoms with Gasteiger partial charge in [0.15, 0.2) is 6.10 Å². The number of benzene rings is 2. The first kappa shape index (κ1) is 14.6. The summed E-state index contributed by atoms with van der Waals surface area (Å²) in [5, 5.41) is 5.55. The largest absolute Gasteiger partial charge is 0.479 e. The summed E-state index contributed by atoms with van der Waals surface area (Å²) in [7, 11) is 0. The summed E-state index contributed by atoms with van der Waals surface area (Å²) in [5.74, 6) is 0.150. The molecule has 0 radical (unpaired) electrons. The lowest BCUT2D eigenvalue weighted by Crippen LogP contribution is -2.34. The number of hydrogen-bond acceptors (Lipinski definition) is 3. The van der Waals surface area contributed by atoms with Crippen LogP contribution in [0.5, 0.6) is 5.75 Å². The van der Waals surface area contributed by atoms with Gasteiger partial charge in [-0.3, -0.25) is 9.59 Å². The number of hydrogen-bond donors (Lipinski definition) is 2. The van der Waals surface area contributed by atoms with Gasteiger partial charge in [0.25, 0.3) is 11.8 Å². The van der Waals surface area contributed by atoms with Crippen molar-refractivity contribution in [1.82, 2.24) is 0 Å². The Hall–Kier alpha value is -2.34. The van der Waals surface area contributed by atoms with Crippen LogP contribution in [0.25, 0.3) is 0 Å². The average Bonchev–Trinajstić information content (AvgIpc) is 2.49. The molecule has 0 saturated heterocycles. The molecule has 1 aliphatic heterocycles. The van der Waals surface area contributed by atoms with Gasteiger partial charge in [-0.15, -0.1) is 0 Å². The Bertz CT molecular complexity index is 761. The van der Waals surface area contributed by atoms with Crippen LogP contribution in [0.3, 0.4) is 0 Å². The van der Waals surface area contributed by atoms with Crippen molar-refractivity contribution in [3.05, 3.63) is 52.5 Å². The number of amides is 2. The standard InChI is InChI=1S/C16H13BrN2O3/c1-9-15(20)19-13-8-10(6-7-14(13)22-9)18-16(21)11-4-2-3-5-12(11)17/h2-9H,1H3,(H,18,21)(H,19,20)/t9-/m0/s1. The third-order valence-electron chi connectivity index (χ3n) is 3.29. The number of anilines is 2. The van der Waals surface area contributed by atoms with E-state index in [-0.39, 0.29) is 11.8 Å². The third-order valence-corrected chi connectivity index (χ3v) is 3.98. The Morgan fingerprint density at radius 3 is 2.82 bits per heavy atom. The molecule has 1 aliphatic rings. The molecule has 0 fully saturated rings. The van der Waals surface area contributed by atoms with E-state index in [4.69, 9.17) is 4.74 Å². The number of carbonyl (C=O) groups is 2. The smallest absolute Gasteiger partial charge is 0.265 e. The molecule has 0 unspecified atom stereocenters. The van der Waals surface area contributed by atoms with E-state index in [1.54, 1.807) is 43.3 Å². The summed E-state index contributed by atoms with van der Waals surface area (Å²) in [6.45, 7) is 1.68. The molecule has 0 aliphatic carbocycles. The monoisotopic (exact) mass is 360 g/mol.